The maximum Gasteiger partial charge on any atom is 0.230 e. The quantitative estimate of drug-likeness (QED) is 0.627. The SMILES string of the molecule is CCCSCC(=O)NCC(C)(C)CCO. The van der Waals surface area contributed by atoms with E-state index < -0.39 is 0 Å². The minimum Gasteiger partial charge on any atom is -0.396 e. The highest BCUT2D eigenvalue weighted by molar-refractivity contribution is 7.99. The first kappa shape index (κ1) is 14.8. The highest BCUT2D eigenvalue weighted by atomic mass is 32.2. The van der Waals surface area contributed by atoms with Crippen molar-refractivity contribution in [3.8, 4) is 0 Å². The van der Waals surface area contributed by atoms with Crippen molar-refractivity contribution < 1.29 is 9.90 Å². The summed E-state index contributed by atoms with van der Waals surface area (Å²) in [7, 11) is 0. The van der Waals surface area contributed by atoms with Gasteiger partial charge in [-0.25, -0.2) is 0 Å². The summed E-state index contributed by atoms with van der Waals surface area (Å²) in [5.41, 5.74) is -0.0141. The van der Waals surface area contributed by atoms with Crippen LogP contribution < -0.4 is 5.32 Å². The lowest BCUT2D eigenvalue weighted by atomic mass is 9.90. The first-order valence-corrected chi connectivity index (χ1v) is 6.62. The third-order valence-corrected chi connectivity index (χ3v) is 3.30. The van der Waals surface area contributed by atoms with Gasteiger partial charge in [0.2, 0.25) is 5.91 Å². The van der Waals surface area contributed by atoms with Crippen LogP contribution in [-0.2, 0) is 4.79 Å². The van der Waals surface area contributed by atoms with Gasteiger partial charge in [-0.3, -0.25) is 4.79 Å². The molecule has 0 rings (SSSR count). The Labute approximate surface area is 97.0 Å². The molecule has 0 spiro atoms. The van der Waals surface area contributed by atoms with Gasteiger partial charge in [0, 0.05) is 13.2 Å². The van der Waals surface area contributed by atoms with E-state index in [1.54, 1.807) is 11.8 Å². The lowest BCUT2D eigenvalue weighted by Gasteiger charge is -2.23. The average Bonchev–Trinajstić information content (AvgIpc) is 2.15. The molecule has 0 bridgehead atoms. The number of nitrogens with one attached hydrogen (secondary N) is 1. The zero-order chi connectivity index (χ0) is 11.7. The molecule has 1 amide bonds. The summed E-state index contributed by atoms with van der Waals surface area (Å²) in [4.78, 5) is 11.4. The van der Waals surface area contributed by atoms with E-state index in [0.717, 1.165) is 18.6 Å². The van der Waals surface area contributed by atoms with Gasteiger partial charge in [0.25, 0.3) is 0 Å². The molecule has 15 heavy (non-hydrogen) atoms. The first-order chi connectivity index (χ1) is 7.02. The van der Waals surface area contributed by atoms with Gasteiger partial charge in [0.1, 0.15) is 0 Å². The summed E-state index contributed by atoms with van der Waals surface area (Å²) in [6, 6.07) is 0. The summed E-state index contributed by atoms with van der Waals surface area (Å²) in [6.07, 6.45) is 1.82. The number of hydrogen-bond donors (Lipinski definition) is 2. The summed E-state index contributed by atoms with van der Waals surface area (Å²) < 4.78 is 0. The molecule has 0 atom stereocenters. The average molecular weight is 233 g/mol. The molecule has 4 heteroatoms. The fourth-order valence-electron chi connectivity index (χ4n) is 1.09. The summed E-state index contributed by atoms with van der Waals surface area (Å²) >= 11 is 1.66. The number of aliphatic hydroxyl groups excluding tert-OH is 1. The van der Waals surface area contributed by atoms with Crippen LogP contribution in [0.4, 0.5) is 0 Å². The number of rotatable bonds is 8. The van der Waals surface area contributed by atoms with Crippen molar-refractivity contribution >= 4 is 17.7 Å². The molecule has 0 radical (unpaired) electrons. The fraction of sp³-hybridized carbons (Fsp3) is 0.909. The molecule has 0 aliphatic carbocycles. The van der Waals surface area contributed by atoms with Crippen LogP contribution in [0, 0.1) is 5.41 Å². The Morgan fingerprint density at radius 3 is 2.67 bits per heavy atom. The van der Waals surface area contributed by atoms with Gasteiger partial charge in [0.15, 0.2) is 0 Å². The number of carbonyl (C=O) groups is 1. The first-order valence-electron chi connectivity index (χ1n) is 5.47. The third-order valence-electron chi connectivity index (χ3n) is 2.13. The lowest BCUT2D eigenvalue weighted by molar-refractivity contribution is -0.119. The number of thioether (sulfide) groups is 1. The number of hydrogen-bond acceptors (Lipinski definition) is 3. The highest BCUT2D eigenvalue weighted by Gasteiger charge is 2.17. The van der Waals surface area contributed by atoms with Crippen molar-refractivity contribution in [3.05, 3.63) is 0 Å². The Balaban J connectivity index is 3.60. The largest absolute Gasteiger partial charge is 0.396 e. The van der Waals surface area contributed by atoms with Crippen LogP contribution in [0.5, 0.6) is 0 Å². The standard InChI is InChI=1S/C11H23NO2S/c1-4-7-15-8-10(14)12-9-11(2,3)5-6-13/h13H,4-9H2,1-3H3,(H,12,14). The minimum absolute atomic E-state index is 0.0141. The zero-order valence-electron chi connectivity index (χ0n) is 10.0. The van der Waals surface area contributed by atoms with Crippen molar-refractivity contribution in [2.45, 2.75) is 33.6 Å². The Morgan fingerprint density at radius 1 is 1.47 bits per heavy atom. The van der Waals surface area contributed by atoms with Crippen LogP contribution in [0.15, 0.2) is 0 Å². The molecule has 0 fully saturated rings. The molecule has 0 saturated carbocycles. The maximum atomic E-state index is 11.4. The Kier molecular flexibility index (Phi) is 7.88. The Morgan fingerprint density at radius 2 is 2.13 bits per heavy atom. The molecule has 0 unspecified atom stereocenters. The van der Waals surface area contributed by atoms with Gasteiger partial charge in [-0.2, -0.15) is 11.8 Å². The van der Waals surface area contributed by atoms with Crippen molar-refractivity contribution in [2.75, 3.05) is 24.7 Å². The van der Waals surface area contributed by atoms with Gasteiger partial charge in [0.05, 0.1) is 5.75 Å². The molecule has 0 aliphatic heterocycles. The van der Waals surface area contributed by atoms with E-state index >= 15 is 0 Å². The van der Waals surface area contributed by atoms with Crippen molar-refractivity contribution in [2.24, 2.45) is 5.41 Å². The topological polar surface area (TPSA) is 49.3 Å². The van der Waals surface area contributed by atoms with Crippen LogP contribution in [0.1, 0.15) is 33.6 Å². The number of carbonyl (C=O) groups excluding carboxylic acids is 1. The second-order valence-corrected chi connectivity index (χ2v) is 5.57. The van der Waals surface area contributed by atoms with E-state index in [2.05, 4.69) is 12.2 Å². The molecule has 0 aromatic carbocycles. The lowest BCUT2D eigenvalue weighted by Crippen LogP contribution is -2.35. The summed E-state index contributed by atoms with van der Waals surface area (Å²) in [6.45, 7) is 7.01. The van der Waals surface area contributed by atoms with Gasteiger partial charge in [-0.1, -0.05) is 20.8 Å². The van der Waals surface area contributed by atoms with Crippen molar-refractivity contribution in [3.63, 3.8) is 0 Å². The predicted molar refractivity (Wildman–Crippen MR) is 66.1 cm³/mol. The summed E-state index contributed by atoms with van der Waals surface area (Å²) in [5, 5.41) is 11.7. The van der Waals surface area contributed by atoms with E-state index in [4.69, 9.17) is 5.11 Å². The smallest absolute Gasteiger partial charge is 0.230 e. The zero-order valence-corrected chi connectivity index (χ0v) is 10.8. The normalized spacial score (nSPS) is 11.5. The fourth-order valence-corrected chi connectivity index (χ4v) is 1.81. The van der Waals surface area contributed by atoms with Crippen LogP contribution in [-0.4, -0.2) is 35.7 Å². The number of amides is 1. The second kappa shape index (κ2) is 7.99. The molecule has 0 saturated heterocycles. The van der Waals surface area contributed by atoms with Crippen LogP contribution in [0.3, 0.4) is 0 Å². The van der Waals surface area contributed by atoms with Crippen LogP contribution >= 0.6 is 11.8 Å². The molecule has 0 aliphatic rings. The Bertz CT molecular complexity index is 183. The van der Waals surface area contributed by atoms with E-state index in [1.807, 2.05) is 13.8 Å². The number of aliphatic hydroxyl groups is 1. The van der Waals surface area contributed by atoms with Gasteiger partial charge >= 0.3 is 0 Å². The molecule has 0 heterocycles. The molecule has 0 aromatic heterocycles. The minimum atomic E-state index is -0.0141. The molecular formula is C11H23NO2S. The van der Waals surface area contributed by atoms with Crippen molar-refractivity contribution in [1.29, 1.82) is 0 Å². The summed E-state index contributed by atoms with van der Waals surface area (Å²) in [5.74, 6) is 1.68. The molecule has 2 N–H and O–H groups in total. The second-order valence-electron chi connectivity index (χ2n) is 4.47. The van der Waals surface area contributed by atoms with Crippen molar-refractivity contribution in [1.82, 2.24) is 5.32 Å². The van der Waals surface area contributed by atoms with Crippen LogP contribution in [0.2, 0.25) is 0 Å². The van der Waals surface area contributed by atoms with Gasteiger partial charge in [-0.15, -0.1) is 0 Å². The molecular weight excluding hydrogens is 210 g/mol. The predicted octanol–water partition coefficient (Wildman–Crippen LogP) is 1.65. The maximum absolute atomic E-state index is 11.4. The van der Waals surface area contributed by atoms with Crippen LogP contribution in [0.25, 0.3) is 0 Å². The van der Waals surface area contributed by atoms with E-state index in [1.165, 1.54) is 0 Å². The third kappa shape index (κ3) is 8.75. The van der Waals surface area contributed by atoms with E-state index in [9.17, 15) is 4.79 Å². The molecule has 0 aromatic rings. The van der Waals surface area contributed by atoms with Gasteiger partial charge in [-0.05, 0) is 24.0 Å². The van der Waals surface area contributed by atoms with Gasteiger partial charge < -0.3 is 10.4 Å². The molecule has 3 nitrogen and oxygen atoms in total. The monoisotopic (exact) mass is 233 g/mol. The van der Waals surface area contributed by atoms with E-state index in [0.29, 0.717) is 12.3 Å². The molecule has 90 valence electrons. The Hall–Kier alpha value is -0.220. The highest BCUT2D eigenvalue weighted by Crippen LogP contribution is 2.17. The van der Waals surface area contributed by atoms with E-state index in [-0.39, 0.29) is 17.9 Å².